The fourth-order valence-electron chi connectivity index (χ4n) is 2.40. The molecule has 1 N–H and O–H groups in total. The van der Waals surface area contributed by atoms with Crippen molar-refractivity contribution in [3.63, 3.8) is 0 Å². The van der Waals surface area contributed by atoms with Gasteiger partial charge in [0.15, 0.2) is 0 Å². The van der Waals surface area contributed by atoms with E-state index in [0.717, 1.165) is 22.6 Å². The van der Waals surface area contributed by atoms with Crippen LogP contribution in [0.1, 0.15) is 32.9 Å². The van der Waals surface area contributed by atoms with Gasteiger partial charge in [-0.05, 0) is 31.5 Å². The van der Waals surface area contributed by atoms with Crippen LogP contribution < -0.4 is 5.32 Å². The first kappa shape index (κ1) is 17.2. The molecule has 0 aliphatic heterocycles. The van der Waals surface area contributed by atoms with Crippen LogP contribution in [0.5, 0.6) is 0 Å². The van der Waals surface area contributed by atoms with Gasteiger partial charge in [0.25, 0.3) is 5.91 Å². The molecule has 1 aromatic carbocycles. The van der Waals surface area contributed by atoms with Gasteiger partial charge in [0.05, 0.1) is 11.3 Å². The molecule has 0 saturated heterocycles. The third kappa shape index (κ3) is 4.28. The molecule has 0 aliphatic carbocycles. The third-order valence-corrected chi connectivity index (χ3v) is 4.88. The lowest BCUT2D eigenvalue weighted by atomic mass is 10.2. The zero-order valence-corrected chi connectivity index (χ0v) is 15.0. The van der Waals surface area contributed by atoms with E-state index in [1.807, 2.05) is 44.2 Å². The van der Waals surface area contributed by atoms with Crippen molar-refractivity contribution < 1.29 is 9.32 Å². The molecule has 0 bridgehead atoms. The fraction of sp³-hybridized carbons (Fsp3) is 0.211. The number of carbonyl (C=O) groups is 1. The highest BCUT2D eigenvalue weighted by Crippen LogP contribution is 2.27. The van der Waals surface area contributed by atoms with E-state index in [2.05, 4.69) is 15.5 Å². The van der Waals surface area contributed by atoms with E-state index in [-0.39, 0.29) is 5.91 Å². The Balaban J connectivity index is 1.69. The van der Waals surface area contributed by atoms with Crippen molar-refractivity contribution in [2.75, 3.05) is 0 Å². The van der Waals surface area contributed by atoms with Gasteiger partial charge in [-0.15, -0.1) is 11.8 Å². The number of aromatic nitrogens is 2. The van der Waals surface area contributed by atoms with Crippen molar-refractivity contribution >= 4 is 17.7 Å². The molecule has 0 atom stereocenters. The molecular formula is C19H19N3O2S. The maximum atomic E-state index is 12.5. The SMILES string of the molecule is Cc1noc(C)c1CSc1ncccc1C(=O)NCc1ccccc1. The van der Waals surface area contributed by atoms with E-state index < -0.39 is 0 Å². The number of aryl methyl sites for hydroxylation is 2. The lowest BCUT2D eigenvalue weighted by Crippen LogP contribution is -2.23. The summed E-state index contributed by atoms with van der Waals surface area (Å²) in [4.78, 5) is 16.9. The van der Waals surface area contributed by atoms with Crippen LogP contribution >= 0.6 is 11.8 Å². The van der Waals surface area contributed by atoms with Crippen LogP contribution in [-0.2, 0) is 12.3 Å². The summed E-state index contributed by atoms with van der Waals surface area (Å²) in [7, 11) is 0. The molecule has 2 heterocycles. The summed E-state index contributed by atoms with van der Waals surface area (Å²) in [6.45, 7) is 4.29. The first-order valence-corrected chi connectivity index (χ1v) is 8.95. The van der Waals surface area contributed by atoms with E-state index in [1.54, 1.807) is 18.3 Å². The van der Waals surface area contributed by atoms with Crippen LogP contribution in [0.4, 0.5) is 0 Å². The largest absolute Gasteiger partial charge is 0.361 e. The van der Waals surface area contributed by atoms with Gasteiger partial charge < -0.3 is 9.84 Å². The molecule has 0 saturated carbocycles. The minimum Gasteiger partial charge on any atom is -0.361 e. The Bertz CT molecular complexity index is 843. The summed E-state index contributed by atoms with van der Waals surface area (Å²) >= 11 is 1.51. The third-order valence-electron chi connectivity index (χ3n) is 3.85. The lowest BCUT2D eigenvalue weighted by Gasteiger charge is -2.09. The minimum atomic E-state index is -0.127. The molecule has 128 valence electrons. The van der Waals surface area contributed by atoms with Gasteiger partial charge in [0.2, 0.25) is 0 Å². The van der Waals surface area contributed by atoms with Crippen molar-refractivity contribution in [3.8, 4) is 0 Å². The average Bonchev–Trinajstić information content (AvgIpc) is 2.97. The van der Waals surface area contributed by atoms with Gasteiger partial charge in [-0.2, -0.15) is 0 Å². The number of hydrogen-bond donors (Lipinski definition) is 1. The maximum absolute atomic E-state index is 12.5. The van der Waals surface area contributed by atoms with Crippen molar-refractivity contribution in [2.24, 2.45) is 0 Å². The molecule has 2 aromatic heterocycles. The number of thioether (sulfide) groups is 1. The summed E-state index contributed by atoms with van der Waals surface area (Å²) in [6.07, 6.45) is 1.70. The number of amides is 1. The zero-order valence-electron chi connectivity index (χ0n) is 14.2. The molecule has 1 amide bonds. The molecule has 0 aliphatic rings. The molecule has 0 fully saturated rings. The number of pyridine rings is 1. The second-order valence-electron chi connectivity index (χ2n) is 5.62. The molecule has 25 heavy (non-hydrogen) atoms. The molecule has 3 rings (SSSR count). The maximum Gasteiger partial charge on any atom is 0.254 e. The average molecular weight is 353 g/mol. The summed E-state index contributed by atoms with van der Waals surface area (Å²) in [5.41, 5.74) is 3.56. The number of carbonyl (C=O) groups excluding carboxylic acids is 1. The first-order valence-electron chi connectivity index (χ1n) is 7.97. The Morgan fingerprint density at radius 3 is 2.68 bits per heavy atom. The number of rotatable bonds is 6. The highest BCUT2D eigenvalue weighted by molar-refractivity contribution is 7.98. The molecule has 0 spiro atoms. The van der Waals surface area contributed by atoms with Gasteiger partial charge in [-0.1, -0.05) is 35.5 Å². The molecule has 0 radical (unpaired) electrons. The van der Waals surface area contributed by atoms with Crippen molar-refractivity contribution in [1.82, 2.24) is 15.5 Å². The highest BCUT2D eigenvalue weighted by atomic mass is 32.2. The molecule has 0 unspecified atom stereocenters. The standard InChI is InChI=1S/C19H19N3O2S/c1-13-17(14(2)24-22-13)12-25-19-16(9-6-10-20-19)18(23)21-11-15-7-4-3-5-8-15/h3-10H,11-12H2,1-2H3,(H,21,23). The molecule has 5 nitrogen and oxygen atoms in total. The van der Waals surface area contributed by atoms with E-state index in [4.69, 9.17) is 4.52 Å². The van der Waals surface area contributed by atoms with Crippen LogP contribution in [0.3, 0.4) is 0 Å². The van der Waals surface area contributed by atoms with Crippen molar-refractivity contribution in [2.45, 2.75) is 31.2 Å². The number of nitrogens with one attached hydrogen (secondary N) is 1. The predicted molar refractivity (Wildman–Crippen MR) is 97.4 cm³/mol. The number of hydrogen-bond acceptors (Lipinski definition) is 5. The Labute approximate surface area is 150 Å². The quantitative estimate of drug-likeness (QED) is 0.681. The van der Waals surface area contributed by atoms with Crippen molar-refractivity contribution in [1.29, 1.82) is 0 Å². The number of nitrogens with zero attached hydrogens (tertiary/aromatic N) is 2. The summed E-state index contributed by atoms with van der Waals surface area (Å²) in [6, 6.07) is 13.4. The summed E-state index contributed by atoms with van der Waals surface area (Å²) in [5.74, 6) is 1.34. The van der Waals surface area contributed by atoms with Crippen LogP contribution in [0.2, 0.25) is 0 Å². The Hall–Kier alpha value is -2.60. The second-order valence-corrected chi connectivity index (χ2v) is 6.58. The van der Waals surface area contributed by atoms with Gasteiger partial charge >= 0.3 is 0 Å². The summed E-state index contributed by atoms with van der Waals surface area (Å²) < 4.78 is 5.19. The molecular weight excluding hydrogens is 334 g/mol. The minimum absolute atomic E-state index is 0.127. The van der Waals surface area contributed by atoms with Gasteiger partial charge in [0, 0.05) is 24.1 Å². The number of benzene rings is 1. The fourth-order valence-corrected chi connectivity index (χ4v) is 3.55. The van der Waals surface area contributed by atoms with Crippen molar-refractivity contribution in [3.05, 3.63) is 76.8 Å². The van der Waals surface area contributed by atoms with Crippen LogP contribution in [0.15, 0.2) is 58.2 Å². The molecule has 6 heteroatoms. The van der Waals surface area contributed by atoms with E-state index >= 15 is 0 Å². The summed E-state index contributed by atoms with van der Waals surface area (Å²) in [5, 5.41) is 7.61. The van der Waals surface area contributed by atoms with Crippen LogP contribution in [0, 0.1) is 13.8 Å². The van der Waals surface area contributed by atoms with Crippen LogP contribution in [-0.4, -0.2) is 16.0 Å². The van der Waals surface area contributed by atoms with Crippen LogP contribution in [0.25, 0.3) is 0 Å². The second kappa shape index (κ2) is 7.98. The van der Waals surface area contributed by atoms with Gasteiger partial charge in [0.1, 0.15) is 10.8 Å². The van der Waals surface area contributed by atoms with E-state index in [9.17, 15) is 4.79 Å². The van der Waals surface area contributed by atoms with Gasteiger partial charge in [-0.3, -0.25) is 4.79 Å². The molecule has 3 aromatic rings. The zero-order chi connectivity index (χ0) is 17.6. The van der Waals surface area contributed by atoms with E-state index in [1.165, 1.54) is 11.8 Å². The Morgan fingerprint density at radius 1 is 1.16 bits per heavy atom. The smallest absolute Gasteiger partial charge is 0.254 e. The normalized spacial score (nSPS) is 10.6. The van der Waals surface area contributed by atoms with Gasteiger partial charge in [-0.25, -0.2) is 4.98 Å². The lowest BCUT2D eigenvalue weighted by molar-refractivity contribution is 0.0947. The Morgan fingerprint density at radius 2 is 1.96 bits per heavy atom. The first-order chi connectivity index (χ1) is 12.1. The predicted octanol–water partition coefficient (Wildman–Crippen LogP) is 3.91. The Kier molecular flexibility index (Phi) is 5.50. The van der Waals surface area contributed by atoms with E-state index in [0.29, 0.717) is 22.9 Å². The monoisotopic (exact) mass is 353 g/mol. The topological polar surface area (TPSA) is 68.0 Å². The highest BCUT2D eigenvalue weighted by Gasteiger charge is 2.15.